The zero-order valence-electron chi connectivity index (χ0n) is 10.1. The number of carbonyl (C=O) groups is 1. The molecule has 2 unspecified atom stereocenters. The van der Waals surface area contributed by atoms with Gasteiger partial charge in [0.1, 0.15) is 0 Å². The van der Waals surface area contributed by atoms with Gasteiger partial charge >= 0.3 is 0 Å². The molecule has 2 atom stereocenters. The van der Waals surface area contributed by atoms with E-state index in [0.29, 0.717) is 17.2 Å². The van der Waals surface area contributed by atoms with Crippen molar-refractivity contribution in [3.8, 4) is 0 Å². The van der Waals surface area contributed by atoms with Crippen LogP contribution in [0.2, 0.25) is 0 Å². The first-order valence-corrected chi connectivity index (χ1v) is 6.59. The van der Waals surface area contributed by atoms with E-state index in [2.05, 4.69) is 22.9 Å². The molecule has 1 fully saturated rings. The monoisotopic (exact) mass is 296 g/mol. The number of hydrogen-bond donors (Lipinski definition) is 1. The Labute approximate surface area is 110 Å². The predicted octanol–water partition coefficient (Wildman–Crippen LogP) is 2.76. The van der Waals surface area contributed by atoms with Gasteiger partial charge in [-0.15, -0.1) is 0 Å². The molecule has 0 radical (unpaired) electrons. The van der Waals surface area contributed by atoms with Crippen molar-refractivity contribution < 1.29 is 4.79 Å². The number of halogens is 1. The first kappa shape index (κ1) is 12.4. The second kappa shape index (κ2) is 4.69. The molecule has 0 spiro atoms. The van der Waals surface area contributed by atoms with Crippen LogP contribution in [-0.4, -0.2) is 24.4 Å². The fraction of sp³-hybridized carbons (Fsp3) is 0.462. The minimum Gasteiger partial charge on any atom is -0.398 e. The zero-order chi connectivity index (χ0) is 12.6. The number of amides is 1. The summed E-state index contributed by atoms with van der Waals surface area (Å²) in [6.45, 7) is 3.05. The summed E-state index contributed by atoms with van der Waals surface area (Å²) in [6, 6.07) is 5.38. The van der Waals surface area contributed by atoms with E-state index in [9.17, 15) is 4.79 Å². The van der Waals surface area contributed by atoms with E-state index in [4.69, 9.17) is 5.73 Å². The van der Waals surface area contributed by atoms with E-state index < -0.39 is 0 Å². The number of rotatable bonds is 3. The summed E-state index contributed by atoms with van der Waals surface area (Å²) in [4.78, 5) is 13.9. The Kier molecular flexibility index (Phi) is 3.43. The molecule has 1 aromatic carbocycles. The van der Waals surface area contributed by atoms with E-state index in [1.165, 1.54) is 6.42 Å². The summed E-state index contributed by atoms with van der Waals surface area (Å²) in [6.07, 6.45) is 1.23. The molecule has 3 nitrogen and oxygen atoms in total. The molecule has 1 saturated carbocycles. The number of carbonyl (C=O) groups excluding carboxylic acids is 1. The highest BCUT2D eigenvalue weighted by molar-refractivity contribution is 9.10. The Balaban J connectivity index is 2.07. The minimum absolute atomic E-state index is 0.00843. The van der Waals surface area contributed by atoms with Crippen LogP contribution in [-0.2, 0) is 0 Å². The fourth-order valence-electron chi connectivity index (χ4n) is 2.02. The van der Waals surface area contributed by atoms with Crippen LogP contribution in [0.3, 0.4) is 0 Å². The third-order valence-corrected chi connectivity index (χ3v) is 3.87. The lowest BCUT2D eigenvalue weighted by Gasteiger charge is -2.18. The van der Waals surface area contributed by atoms with Gasteiger partial charge in [0.05, 0.1) is 5.56 Å². The first-order valence-electron chi connectivity index (χ1n) is 5.79. The lowest BCUT2D eigenvalue weighted by Crippen LogP contribution is -2.29. The van der Waals surface area contributed by atoms with Crippen molar-refractivity contribution >= 4 is 27.5 Å². The molecular formula is C13H17BrN2O. The molecule has 0 aliphatic heterocycles. The average molecular weight is 297 g/mol. The molecule has 2 rings (SSSR count). The quantitative estimate of drug-likeness (QED) is 0.872. The minimum atomic E-state index is 0.00843. The van der Waals surface area contributed by atoms with Gasteiger partial charge in [-0.25, -0.2) is 0 Å². The van der Waals surface area contributed by atoms with Gasteiger partial charge in [0.25, 0.3) is 5.91 Å². The largest absolute Gasteiger partial charge is 0.398 e. The van der Waals surface area contributed by atoms with E-state index in [-0.39, 0.29) is 5.91 Å². The maximum Gasteiger partial charge on any atom is 0.255 e. The molecule has 4 heteroatoms. The molecule has 1 aliphatic carbocycles. The first-order chi connectivity index (χ1) is 7.99. The Morgan fingerprint density at radius 1 is 1.59 bits per heavy atom. The molecule has 2 N–H and O–H groups in total. The van der Waals surface area contributed by atoms with Gasteiger partial charge in [-0.1, -0.05) is 22.9 Å². The number of benzene rings is 1. The third kappa shape index (κ3) is 2.80. The molecule has 0 heterocycles. The second-order valence-electron chi connectivity index (χ2n) is 4.89. The highest BCUT2D eigenvalue weighted by Gasteiger charge is 2.34. The number of hydrogen-bond acceptors (Lipinski definition) is 2. The predicted molar refractivity (Wildman–Crippen MR) is 72.8 cm³/mol. The molecule has 1 aliphatic rings. The summed E-state index contributed by atoms with van der Waals surface area (Å²) in [5.74, 6) is 1.43. The molecule has 1 aromatic rings. The van der Waals surface area contributed by atoms with Crippen molar-refractivity contribution in [3.05, 3.63) is 28.2 Å². The van der Waals surface area contributed by atoms with Crippen LogP contribution >= 0.6 is 15.9 Å². The van der Waals surface area contributed by atoms with Gasteiger partial charge < -0.3 is 10.6 Å². The Bertz CT molecular complexity index is 447. The number of nitrogens with zero attached hydrogens (tertiary/aromatic N) is 1. The van der Waals surface area contributed by atoms with Crippen molar-refractivity contribution in [2.24, 2.45) is 11.8 Å². The number of nitrogen functional groups attached to an aromatic ring is 1. The van der Waals surface area contributed by atoms with Gasteiger partial charge in [-0.3, -0.25) is 4.79 Å². The molecular weight excluding hydrogens is 280 g/mol. The topological polar surface area (TPSA) is 46.3 Å². The summed E-state index contributed by atoms with van der Waals surface area (Å²) in [5, 5.41) is 0. The van der Waals surface area contributed by atoms with Crippen LogP contribution in [0.15, 0.2) is 22.7 Å². The highest BCUT2D eigenvalue weighted by Crippen LogP contribution is 2.38. The van der Waals surface area contributed by atoms with Crippen molar-refractivity contribution in [1.29, 1.82) is 0 Å². The van der Waals surface area contributed by atoms with Crippen LogP contribution in [0.25, 0.3) is 0 Å². The summed E-state index contributed by atoms with van der Waals surface area (Å²) >= 11 is 3.34. The summed E-state index contributed by atoms with van der Waals surface area (Å²) in [5.41, 5.74) is 6.97. The van der Waals surface area contributed by atoms with E-state index in [1.54, 1.807) is 17.0 Å². The summed E-state index contributed by atoms with van der Waals surface area (Å²) < 4.78 is 0.894. The van der Waals surface area contributed by atoms with Crippen molar-refractivity contribution in [2.45, 2.75) is 13.3 Å². The van der Waals surface area contributed by atoms with Gasteiger partial charge in [0.15, 0.2) is 0 Å². The smallest absolute Gasteiger partial charge is 0.255 e. The SMILES string of the molecule is CC1CC1CN(C)C(=O)c1ccc(Br)cc1N. The van der Waals surface area contributed by atoms with Crippen molar-refractivity contribution in [2.75, 3.05) is 19.3 Å². The molecule has 92 valence electrons. The third-order valence-electron chi connectivity index (χ3n) is 3.38. The lowest BCUT2D eigenvalue weighted by atomic mass is 10.1. The van der Waals surface area contributed by atoms with Crippen LogP contribution in [0, 0.1) is 11.8 Å². The summed E-state index contributed by atoms with van der Waals surface area (Å²) in [7, 11) is 1.84. The molecule has 0 saturated heterocycles. The van der Waals surface area contributed by atoms with Gasteiger partial charge in [0, 0.05) is 23.8 Å². The van der Waals surface area contributed by atoms with E-state index in [0.717, 1.165) is 16.9 Å². The van der Waals surface area contributed by atoms with Gasteiger partial charge in [0.2, 0.25) is 0 Å². The van der Waals surface area contributed by atoms with Gasteiger partial charge in [-0.2, -0.15) is 0 Å². The Hall–Kier alpha value is -1.03. The lowest BCUT2D eigenvalue weighted by molar-refractivity contribution is 0.0788. The van der Waals surface area contributed by atoms with Crippen LogP contribution in [0.5, 0.6) is 0 Å². The number of anilines is 1. The van der Waals surface area contributed by atoms with Crippen LogP contribution in [0.1, 0.15) is 23.7 Å². The van der Waals surface area contributed by atoms with E-state index in [1.807, 2.05) is 13.1 Å². The van der Waals surface area contributed by atoms with E-state index >= 15 is 0 Å². The Morgan fingerprint density at radius 3 is 2.76 bits per heavy atom. The normalized spacial score (nSPS) is 22.3. The molecule has 0 aromatic heterocycles. The second-order valence-corrected chi connectivity index (χ2v) is 5.81. The van der Waals surface area contributed by atoms with Gasteiger partial charge in [-0.05, 0) is 36.5 Å². The Morgan fingerprint density at radius 2 is 2.24 bits per heavy atom. The molecule has 1 amide bonds. The maximum absolute atomic E-state index is 12.2. The van der Waals surface area contributed by atoms with Crippen molar-refractivity contribution in [3.63, 3.8) is 0 Å². The van der Waals surface area contributed by atoms with Crippen molar-refractivity contribution in [1.82, 2.24) is 4.90 Å². The van der Waals surface area contributed by atoms with Crippen LogP contribution in [0.4, 0.5) is 5.69 Å². The molecule has 0 bridgehead atoms. The standard InChI is InChI=1S/C13H17BrN2O/c1-8-5-9(8)7-16(2)13(17)11-4-3-10(14)6-12(11)15/h3-4,6,8-9H,5,7,15H2,1-2H3. The van der Waals surface area contributed by atoms with Crippen LogP contribution < -0.4 is 5.73 Å². The number of nitrogens with two attached hydrogens (primary N) is 1. The highest BCUT2D eigenvalue weighted by atomic mass is 79.9. The fourth-order valence-corrected chi connectivity index (χ4v) is 2.40. The average Bonchev–Trinajstić information content (AvgIpc) is 2.93. The zero-order valence-corrected chi connectivity index (χ0v) is 11.7. The maximum atomic E-state index is 12.2. The molecule has 17 heavy (non-hydrogen) atoms.